The van der Waals surface area contributed by atoms with Gasteiger partial charge in [-0.3, -0.25) is 9.52 Å². The highest BCUT2D eigenvalue weighted by Gasteiger charge is 2.23. The number of benzene rings is 2. The van der Waals surface area contributed by atoms with Crippen molar-refractivity contribution in [3.63, 3.8) is 0 Å². The maximum Gasteiger partial charge on any atom is 0.297 e. The fraction of sp³-hybridized carbons (Fsp3) is 0.375. The first-order valence-electron chi connectivity index (χ1n) is 10.4. The first kappa shape index (κ1) is 20.7. The van der Waals surface area contributed by atoms with Crippen LogP contribution < -0.4 is 14.4 Å². The lowest BCUT2D eigenvalue weighted by Crippen LogP contribution is -2.15. The highest BCUT2D eigenvalue weighted by atomic mass is 32.2. The van der Waals surface area contributed by atoms with Crippen LogP contribution in [0, 0.1) is 5.92 Å². The molecule has 1 fully saturated rings. The highest BCUT2D eigenvalue weighted by Crippen LogP contribution is 2.35. The maximum absolute atomic E-state index is 12.7. The van der Waals surface area contributed by atoms with E-state index in [2.05, 4.69) is 30.7 Å². The molecule has 0 radical (unpaired) electrons. The second-order valence-corrected chi connectivity index (χ2v) is 9.22. The van der Waals surface area contributed by atoms with E-state index in [0.717, 1.165) is 28.3 Å². The second kappa shape index (κ2) is 8.64. The van der Waals surface area contributed by atoms with Crippen molar-refractivity contribution in [2.45, 2.75) is 37.5 Å². The first-order chi connectivity index (χ1) is 14.4. The number of carbonyl (C=O) groups excluding carboxylic acids is 1. The van der Waals surface area contributed by atoms with Crippen molar-refractivity contribution in [3.05, 3.63) is 53.8 Å². The minimum Gasteiger partial charge on any atom is -0.492 e. The number of amides is 1. The Balaban J connectivity index is 1.49. The average molecular weight is 425 g/mol. The van der Waals surface area contributed by atoms with Crippen LogP contribution in [-0.4, -0.2) is 26.6 Å². The van der Waals surface area contributed by atoms with E-state index in [4.69, 9.17) is 9.15 Å². The molecule has 1 amide bonds. The fourth-order valence-corrected chi connectivity index (χ4v) is 3.86. The van der Waals surface area contributed by atoms with Gasteiger partial charge in [0.25, 0.3) is 5.91 Å². The number of rotatable bonds is 8. The summed E-state index contributed by atoms with van der Waals surface area (Å²) in [4.78, 5) is 15.7. The van der Waals surface area contributed by atoms with E-state index in [1.165, 1.54) is 30.4 Å². The Morgan fingerprint density at radius 3 is 2.70 bits per heavy atom. The molecular weight excluding hydrogens is 396 g/mol. The van der Waals surface area contributed by atoms with Crippen molar-refractivity contribution in [2.24, 2.45) is 5.92 Å². The van der Waals surface area contributed by atoms with Crippen molar-refractivity contribution < 1.29 is 13.9 Å². The third-order valence-corrected chi connectivity index (χ3v) is 6.13. The molecule has 2 aromatic carbocycles. The predicted molar refractivity (Wildman–Crippen MR) is 123 cm³/mol. The van der Waals surface area contributed by atoms with Gasteiger partial charge in [-0.2, -0.15) is 0 Å². The monoisotopic (exact) mass is 424 g/mol. The molecule has 0 aliphatic heterocycles. The van der Waals surface area contributed by atoms with Crippen molar-refractivity contribution in [2.75, 3.05) is 25.6 Å². The summed E-state index contributed by atoms with van der Waals surface area (Å²) in [6, 6.07) is 13.9. The Morgan fingerprint density at radius 1 is 1.20 bits per heavy atom. The molecule has 0 spiro atoms. The maximum atomic E-state index is 12.7. The van der Waals surface area contributed by atoms with Crippen molar-refractivity contribution in [1.29, 1.82) is 0 Å². The van der Waals surface area contributed by atoms with Gasteiger partial charge in [0, 0.05) is 31.2 Å². The topological polar surface area (TPSA) is 54.7 Å². The van der Waals surface area contributed by atoms with E-state index < -0.39 is 0 Å². The SMILES string of the molecule is CC(C)c1ccc(OCC2CC2)c(SNC(=O)c2cc3ccc(N(C)C)cc3o2)c1. The van der Waals surface area contributed by atoms with Gasteiger partial charge in [-0.05, 0) is 72.5 Å². The Hall–Kier alpha value is -2.60. The summed E-state index contributed by atoms with van der Waals surface area (Å²) in [7, 11) is 3.95. The van der Waals surface area contributed by atoms with Gasteiger partial charge in [-0.15, -0.1) is 0 Å². The number of anilines is 1. The summed E-state index contributed by atoms with van der Waals surface area (Å²) in [5, 5.41) is 0.908. The Morgan fingerprint density at radius 2 is 2.00 bits per heavy atom. The molecule has 0 unspecified atom stereocenters. The third kappa shape index (κ3) is 4.75. The van der Waals surface area contributed by atoms with Crippen LogP contribution in [0.2, 0.25) is 0 Å². The largest absolute Gasteiger partial charge is 0.492 e. The van der Waals surface area contributed by atoms with Crippen LogP contribution in [0.15, 0.2) is 51.8 Å². The molecule has 30 heavy (non-hydrogen) atoms. The van der Waals surface area contributed by atoms with Gasteiger partial charge >= 0.3 is 0 Å². The molecule has 0 saturated heterocycles. The van der Waals surface area contributed by atoms with E-state index in [0.29, 0.717) is 23.2 Å². The Bertz CT molecular complexity index is 1050. The minimum atomic E-state index is -0.259. The van der Waals surface area contributed by atoms with Gasteiger partial charge in [-0.25, -0.2) is 0 Å². The molecule has 4 rings (SSSR count). The standard InChI is InChI=1S/C24H28N2O3S/c1-15(2)17-8-10-20(28-14-16-5-6-16)23(12-17)30-25-24(27)22-11-18-7-9-19(26(3)4)13-21(18)29-22/h7-13,15-16H,5-6,14H2,1-4H3,(H,25,27). The zero-order valence-electron chi connectivity index (χ0n) is 17.9. The number of hydrogen-bond donors (Lipinski definition) is 1. The molecule has 5 nitrogen and oxygen atoms in total. The molecule has 0 atom stereocenters. The van der Waals surface area contributed by atoms with Crippen LogP contribution in [-0.2, 0) is 0 Å². The Kier molecular flexibility index (Phi) is 5.95. The Labute approximate surface area is 181 Å². The number of nitrogens with one attached hydrogen (secondary N) is 1. The van der Waals surface area contributed by atoms with E-state index in [9.17, 15) is 4.79 Å². The van der Waals surface area contributed by atoms with Crippen LogP contribution in [0.5, 0.6) is 5.75 Å². The fourth-order valence-electron chi connectivity index (χ4n) is 3.14. The lowest BCUT2D eigenvalue weighted by molar-refractivity contribution is 0.0959. The normalized spacial score (nSPS) is 13.6. The molecule has 1 aliphatic rings. The van der Waals surface area contributed by atoms with Gasteiger partial charge in [0.1, 0.15) is 11.3 Å². The number of fused-ring (bicyclic) bond motifs is 1. The van der Waals surface area contributed by atoms with Gasteiger partial charge in [0.15, 0.2) is 5.76 Å². The van der Waals surface area contributed by atoms with Gasteiger partial charge in [-0.1, -0.05) is 19.9 Å². The number of carbonyl (C=O) groups is 1. The quantitative estimate of drug-likeness (QED) is 0.460. The molecule has 1 saturated carbocycles. The van der Waals surface area contributed by atoms with Crippen molar-refractivity contribution in [1.82, 2.24) is 4.72 Å². The molecular formula is C24H28N2O3S. The minimum absolute atomic E-state index is 0.259. The molecule has 1 aromatic heterocycles. The van der Waals surface area contributed by atoms with E-state index >= 15 is 0 Å². The smallest absolute Gasteiger partial charge is 0.297 e. The summed E-state index contributed by atoms with van der Waals surface area (Å²) >= 11 is 1.28. The van der Waals surface area contributed by atoms with Crippen LogP contribution in [0.1, 0.15) is 48.7 Å². The van der Waals surface area contributed by atoms with E-state index in [-0.39, 0.29) is 5.91 Å². The predicted octanol–water partition coefficient (Wildman–Crippen LogP) is 5.85. The second-order valence-electron chi connectivity index (χ2n) is 8.38. The summed E-state index contributed by atoms with van der Waals surface area (Å²) in [5.74, 6) is 1.93. The summed E-state index contributed by atoms with van der Waals surface area (Å²) in [5.41, 5.74) is 2.94. The molecule has 3 aromatic rings. The number of furan rings is 1. The van der Waals surface area contributed by atoms with Crippen LogP contribution >= 0.6 is 11.9 Å². The van der Waals surface area contributed by atoms with Gasteiger partial charge in [0.05, 0.1) is 11.5 Å². The summed E-state index contributed by atoms with van der Waals surface area (Å²) in [6.07, 6.45) is 2.48. The lowest BCUT2D eigenvalue weighted by Gasteiger charge is -2.14. The van der Waals surface area contributed by atoms with E-state index in [1.807, 2.05) is 43.3 Å². The molecule has 1 N–H and O–H groups in total. The summed E-state index contributed by atoms with van der Waals surface area (Å²) < 4.78 is 14.7. The van der Waals surface area contributed by atoms with Crippen molar-refractivity contribution >= 4 is 34.5 Å². The van der Waals surface area contributed by atoms with Gasteiger partial charge < -0.3 is 14.1 Å². The highest BCUT2D eigenvalue weighted by molar-refractivity contribution is 7.98. The molecule has 1 aliphatic carbocycles. The number of hydrogen-bond acceptors (Lipinski definition) is 5. The molecule has 0 bridgehead atoms. The van der Waals surface area contributed by atoms with Crippen LogP contribution in [0.4, 0.5) is 5.69 Å². The molecule has 6 heteroatoms. The van der Waals surface area contributed by atoms with Crippen LogP contribution in [0.3, 0.4) is 0 Å². The molecule has 1 heterocycles. The summed E-state index contributed by atoms with van der Waals surface area (Å²) in [6.45, 7) is 5.05. The van der Waals surface area contributed by atoms with Gasteiger partial charge in [0.2, 0.25) is 0 Å². The first-order valence-corrected chi connectivity index (χ1v) is 11.2. The third-order valence-electron chi connectivity index (χ3n) is 5.30. The van der Waals surface area contributed by atoms with E-state index in [1.54, 1.807) is 6.07 Å². The zero-order valence-corrected chi connectivity index (χ0v) is 18.7. The molecule has 158 valence electrons. The van der Waals surface area contributed by atoms with Crippen LogP contribution in [0.25, 0.3) is 11.0 Å². The number of nitrogens with zero attached hydrogens (tertiary/aromatic N) is 1. The average Bonchev–Trinajstić information content (AvgIpc) is 3.46. The number of ether oxygens (including phenoxy) is 1. The zero-order chi connectivity index (χ0) is 21.3. The lowest BCUT2D eigenvalue weighted by atomic mass is 10.0. The van der Waals surface area contributed by atoms with Crippen molar-refractivity contribution in [3.8, 4) is 5.75 Å².